The van der Waals surface area contributed by atoms with E-state index < -0.39 is 5.60 Å². The van der Waals surface area contributed by atoms with Crippen molar-refractivity contribution in [1.82, 2.24) is 10.6 Å². The van der Waals surface area contributed by atoms with E-state index in [0.717, 1.165) is 55.9 Å². The Morgan fingerprint density at radius 3 is 2.62 bits per heavy atom. The Bertz CT molecular complexity index is 619. The Kier molecular flexibility index (Phi) is 12.6. The van der Waals surface area contributed by atoms with Crippen molar-refractivity contribution in [3.8, 4) is 5.75 Å². The number of aryl methyl sites for hydroxylation is 1. The maximum Gasteiger partial charge on any atom is 0.191 e. The topological polar surface area (TPSA) is 75.1 Å². The molecule has 1 aliphatic carbocycles. The lowest BCUT2D eigenvalue weighted by atomic mass is 9.85. The zero-order valence-electron chi connectivity index (χ0n) is 18.1. The lowest BCUT2D eigenvalue weighted by Crippen LogP contribution is -2.48. The second-order valence-electron chi connectivity index (χ2n) is 7.64. The van der Waals surface area contributed by atoms with Crippen molar-refractivity contribution in [3.05, 3.63) is 29.3 Å². The fourth-order valence-corrected chi connectivity index (χ4v) is 3.45. The summed E-state index contributed by atoms with van der Waals surface area (Å²) >= 11 is 0. The van der Waals surface area contributed by atoms with Gasteiger partial charge in [-0.1, -0.05) is 31.4 Å². The molecule has 0 unspecified atom stereocenters. The standard InChI is InChI=1S/C22H37N3O3.HI/c1-4-23-21(25-17-22(26)11-6-5-7-12-22)24-16-19-10-9-18(2)15-20(19)28-14-8-13-27-3;/h9-10,15,26H,4-8,11-14,16-17H2,1-3H3,(H2,23,24,25);1H. The molecule has 6 nitrogen and oxygen atoms in total. The highest BCUT2D eigenvalue weighted by Crippen LogP contribution is 2.27. The summed E-state index contributed by atoms with van der Waals surface area (Å²) in [6.45, 7) is 7.25. The lowest BCUT2D eigenvalue weighted by Gasteiger charge is -2.32. The smallest absolute Gasteiger partial charge is 0.191 e. The molecule has 1 saturated carbocycles. The Morgan fingerprint density at radius 2 is 1.93 bits per heavy atom. The first-order valence-corrected chi connectivity index (χ1v) is 10.5. The van der Waals surface area contributed by atoms with E-state index in [9.17, 15) is 5.11 Å². The van der Waals surface area contributed by atoms with Crippen molar-refractivity contribution in [1.29, 1.82) is 0 Å². The molecule has 0 bridgehead atoms. The molecule has 7 heteroatoms. The Balaban J connectivity index is 0.00000420. The van der Waals surface area contributed by atoms with Gasteiger partial charge >= 0.3 is 0 Å². The van der Waals surface area contributed by atoms with Gasteiger partial charge in [-0.05, 0) is 38.3 Å². The molecule has 0 saturated heterocycles. The van der Waals surface area contributed by atoms with Gasteiger partial charge in [-0.2, -0.15) is 0 Å². The number of methoxy groups -OCH3 is 1. The predicted molar refractivity (Wildman–Crippen MR) is 129 cm³/mol. The van der Waals surface area contributed by atoms with E-state index in [1.54, 1.807) is 7.11 Å². The van der Waals surface area contributed by atoms with Crippen molar-refractivity contribution in [2.75, 3.05) is 33.4 Å². The average Bonchev–Trinajstić information content (AvgIpc) is 2.69. The first kappa shape index (κ1) is 26.0. The van der Waals surface area contributed by atoms with Gasteiger partial charge in [0, 0.05) is 38.8 Å². The average molecular weight is 519 g/mol. The monoisotopic (exact) mass is 519 g/mol. The SMILES string of the molecule is CCNC(=NCc1ccc(C)cc1OCCCOC)NCC1(O)CCCCC1.I. The molecule has 0 aliphatic heterocycles. The zero-order valence-corrected chi connectivity index (χ0v) is 20.5. The third kappa shape index (κ3) is 9.53. The molecule has 1 aromatic rings. The molecule has 0 spiro atoms. The van der Waals surface area contributed by atoms with E-state index in [0.29, 0.717) is 26.3 Å². The quantitative estimate of drug-likeness (QED) is 0.190. The van der Waals surface area contributed by atoms with Crippen molar-refractivity contribution in [3.63, 3.8) is 0 Å². The molecule has 2 rings (SSSR count). The van der Waals surface area contributed by atoms with Gasteiger partial charge in [0.05, 0.1) is 18.8 Å². The first-order chi connectivity index (χ1) is 13.6. The Labute approximate surface area is 192 Å². The van der Waals surface area contributed by atoms with Gasteiger partial charge in [0.1, 0.15) is 5.75 Å². The molecule has 0 aromatic heterocycles. The maximum atomic E-state index is 10.7. The molecule has 0 heterocycles. The largest absolute Gasteiger partial charge is 0.493 e. The normalized spacial score (nSPS) is 16.1. The van der Waals surface area contributed by atoms with Crippen LogP contribution >= 0.6 is 24.0 Å². The molecule has 3 N–H and O–H groups in total. The van der Waals surface area contributed by atoms with Gasteiger partial charge < -0.3 is 25.2 Å². The fourth-order valence-electron chi connectivity index (χ4n) is 3.45. The number of guanidine groups is 1. The molecule has 0 amide bonds. The van der Waals surface area contributed by atoms with Crippen LogP contribution in [0.3, 0.4) is 0 Å². The number of rotatable bonds is 10. The van der Waals surface area contributed by atoms with Crippen LogP contribution in [-0.2, 0) is 11.3 Å². The number of aliphatic imine (C=N–C) groups is 1. The number of benzene rings is 1. The van der Waals surface area contributed by atoms with Crippen LogP contribution in [0.2, 0.25) is 0 Å². The first-order valence-electron chi connectivity index (χ1n) is 10.5. The summed E-state index contributed by atoms with van der Waals surface area (Å²) in [6, 6.07) is 6.21. The van der Waals surface area contributed by atoms with Crippen LogP contribution in [0.1, 0.15) is 56.6 Å². The number of halogens is 1. The van der Waals surface area contributed by atoms with Gasteiger partial charge in [-0.3, -0.25) is 0 Å². The Hall–Kier alpha value is -1.06. The summed E-state index contributed by atoms with van der Waals surface area (Å²) in [4.78, 5) is 4.71. The summed E-state index contributed by atoms with van der Waals surface area (Å²) < 4.78 is 11.0. The van der Waals surface area contributed by atoms with Crippen LogP contribution in [-0.4, -0.2) is 50.1 Å². The second kappa shape index (κ2) is 14.0. The highest BCUT2D eigenvalue weighted by Gasteiger charge is 2.29. The zero-order chi connectivity index (χ0) is 20.2. The molecule has 1 fully saturated rings. The van der Waals surface area contributed by atoms with E-state index in [-0.39, 0.29) is 24.0 Å². The molecule has 0 atom stereocenters. The van der Waals surface area contributed by atoms with Crippen LogP contribution in [0.15, 0.2) is 23.2 Å². The van der Waals surface area contributed by atoms with Crippen LogP contribution in [0.4, 0.5) is 0 Å². The fraction of sp³-hybridized carbons (Fsp3) is 0.682. The van der Waals surface area contributed by atoms with Crippen LogP contribution in [0.25, 0.3) is 0 Å². The highest BCUT2D eigenvalue weighted by molar-refractivity contribution is 14.0. The number of hydrogen-bond donors (Lipinski definition) is 3. The molecular weight excluding hydrogens is 481 g/mol. The molecule has 1 aliphatic rings. The maximum absolute atomic E-state index is 10.7. The van der Waals surface area contributed by atoms with E-state index in [1.807, 2.05) is 6.92 Å². The predicted octanol–water partition coefficient (Wildman–Crippen LogP) is 3.78. The van der Waals surface area contributed by atoms with Crippen molar-refractivity contribution in [2.24, 2.45) is 4.99 Å². The van der Waals surface area contributed by atoms with Gasteiger partial charge in [0.25, 0.3) is 0 Å². The van der Waals surface area contributed by atoms with E-state index in [4.69, 9.17) is 14.5 Å². The van der Waals surface area contributed by atoms with Gasteiger partial charge in [0.15, 0.2) is 5.96 Å². The minimum atomic E-state index is -0.617. The minimum absolute atomic E-state index is 0. The third-order valence-electron chi connectivity index (χ3n) is 5.09. The summed E-state index contributed by atoms with van der Waals surface area (Å²) in [5.74, 6) is 1.61. The van der Waals surface area contributed by atoms with Crippen LogP contribution in [0, 0.1) is 6.92 Å². The van der Waals surface area contributed by atoms with Gasteiger partial charge in [0.2, 0.25) is 0 Å². The molecular formula is C22H38IN3O3. The lowest BCUT2D eigenvalue weighted by molar-refractivity contribution is 0.00859. The summed E-state index contributed by atoms with van der Waals surface area (Å²) in [5, 5.41) is 17.3. The third-order valence-corrected chi connectivity index (χ3v) is 5.09. The summed E-state index contributed by atoms with van der Waals surface area (Å²) in [5.41, 5.74) is 1.60. The van der Waals surface area contributed by atoms with Crippen LogP contribution < -0.4 is 15.4 Å². The second-order valence-corrected chi connectivity index (χ2v) is 7.64. The molecule has 1 aromatic carbocycles. The number of aliphatic hydroxyl groups is 1. The number of hydrogen-bond acceptors (Lipinski definition) is 4. The van der Waals surface area contributed by atoms with Crippen LogP contribution in [0.5, 0.6) is 5.75 Å². The minimum Gasteiger partial charge on any atom is -0.493 e. The summed E-state index contributed by atoms with van der Waals surface area (Å²) in [7, 11) is 1.70. The van der Waals surface area contributed by atoms with Gasteiger partial charge in [-0.25, -0.2) is 4.99 Å². The number of ether oxygens (including phenoxy) is 2. The molecule has 166 valence electrons. The van der Waals surface area contributed by atoms with E-state index in [2.05, 4.69) is 35.8 Å². The number of nitrogens with zero attached hydrogens (tertiary/aromatic N) is 1. The van der Waals surface area contributed by atoms with E-state index in [1.165, 1.54) is 12.0 Å². The van der Waals surface area contributed by atoms with Crippen molar-refractivity contribution in [2.45, 2.75) is 64.5 Å². The Morgan fingerprint density at radius 1 is 1.17 bits per heavy atom. The highest BCUT2D eigenvalue weighted by atomic mass is 127. The van der Waals surface area contributed by atoms with Crippen molar-refractivity contribution < 1.29 is 14.6 Å². The summed E-state index contributed by atoms with van der Waals surface area (Å²) in [6.07, 6.45) is 5.98. The van der Waals surface area contributed by atoms with E-state index >= 15 is 0 Å². The van der Waals surface area contributed by atoms with Crippen molar-refractivity contribution >= 4 is 29.9 Å². The molecule has 29 heavy (non-hydrogen) atoms. The molecule has 0 radical (unpaired) electrons. The number of nitrogens with one attached hydrogen (secondary N) is 2. The van der Waals surface area contributed by atoms with Gasteiger partial charge in [-0.15, -0.1) is 24.0 Å².